The maximum Gasteiger partial charge on any atom is 0.123 e. The van der Waals surface area contributed by atoms with Gasteiger partial charge in [-0.05, 0) is 45.1 Å². The van der Waals surface area contributed by atoms with Gasteiger partial charge in [-0.1, -0.05) is 12.1 Å². The van der Waals surface area contributed by atoms with Crippen LogP contribution in [0.2, 0.25) is 0 Å². The molecule has 0 spiro atoms. The van der Waals surface area contributed by atoms with Crippen molar-refractivity contribution >= 4 is 0 Å². The Labute approximate surface area is 121 Å². The summed E-state index contributed by atoms with van der Waals surface area (Å²) in [5.41, 5.74) is 1.05. The second kappa shape index (κ2) is 7.16. The Bertz CT molecular complexity index is 424. The molecule has 1 fully saturated rings. The van der Waals surface area contributed by atoms with Gasteiger partial charge in [0.15, 0.2) is 0 Å². The summed E-state index contributed by atoms with van der Waals surface area (Å²) in [4.78, 5) is 4.80. The van der Waals surface area contributed by atoms with E-state index in [0.717, 1.165) is 38.2 Å². The molecule has 3 nitrogen and oxygen atoms in total. The lowest BCUT2D eigenvalue weighted by molar-refractivity contribution is 0.112. The van der Waals surface area contributed by atoms with Gasteiger partial charge >= 0.3 is 0 Å². The number of benzene rings is 1. The van der Waals surface area contributed by atoms with Crippen LogP contribution in [0.1, 0.15) is 12.5 Å². The van der Waals surface area contributed by atoms with Crippen LogP contribution in [0.4, 0.5) is 4.39 Å². The molecule has 1 aromatic carbocycles. The molecule has 2 unspecified atom stereocenters. The van der Waals surface area contributed by atoms with Gasteiger partial charge in [-0.2, -0.15) is 0 Å². The van der Waals surface area contributed by atoms with Crippen molar-refractivity contribution in [2.45, 2.75) is 25.4 Å². The summed E-state index contributed by atoms with van der Waals surface area (Å²) < 4.78 is 13.2. The molecule has 0 aliphatic carbocycles. The molecular weight excluding hydrogens is 253 g/mol. The first-order valence-electron chi connectivity index (χ1n) is 7.41. The number of hydrogen-bond donors (Lipinski definition) is 1. The molecule has 1 aliphatic heterocycles. The monoisotopic (exact) mass is 279 g/mol. The SMILES string of the molecule is CC(Cc1cccc(F)c1)NCC1CN(C)CCN1C. The van der Waals surface area contributed by atoms with E-state index in [1.807, 2.05) is 6.07 Å². The fourth-order valence-electron chi connectivity index (χ4n) is 2.75. The summed E-state index contributed by atoms with van der Waals surface area (Å²) in [5.74, 6) is -0.150. The molecule has 0 amide bonds. The Hall–Kier alpha value is -0.970. The van der Waals surface area contributed by atoms with Gasteiger partial charge in [-0.3, -0.25) is 4.90 Å². The lowest BCUT2D eigenvalue weighted by atomic mass is 10.1. The lowest BCUT2D eigenvalue weighted by Crippen LogP contribution is -2.54. The predicted molar refractivity (Wildman–Crippen MR) is 81.5 cm³/mol. The van der Waals surface area contributed by atoms with Gasteiger partial charge in [0.25, 0.3) is 0 Å². The van der Waals surface area contributed by atoms with Crippen LogP contribution in [0.3, 0.4) is 0 Å². The minimum Gasteiger partial charge on any atom is -0.312 e. The zero-order chi connectivity index (χ0) is 14.5. The zero-order valence-electron chi connectivity index (χ0n) is 12.8. The van der Waals surface area contributed by atoms with Gasteiger partial charge in [-0.25, -0.2) is 4.39 Å². The number of nitrogens with zero attached hydrogens (tertiary/aromatic N) is 2. The van der Waals surface area contributed by atoms with Gasteiger partial charge in [0.2, 0.25) is 0 Å². The van der Waals surface area contributed by atoms with Crippen LogP contribution in [-0.2, 0) is 6.42 Å². The summed E-state index contributed by atoms with van der Waals surface area (Å²) in [6.07, 6.45) is 0.865. The van der Waals surface area contributed by atoms with E-state index in [9.17, 15) is 4.39 Å². The molecule has 0 bridgehead atoms. The molecule has 0 saturated carbocycles. The third-order valence-corrected chi connectivity index (χ3v) is 4.11. The standard InChI is InChI=1S/C16H26FN3/c1-13(9-14-5-4-6-15(17)10-14)18-11-16-12-19(2)7-8-20(16)3/h4-6,10,13,16,18H,7-9,11-12H2,1-3H3. The molecule has 0 aromatic heterocycles. The number of hydrogen-bond acceptors (Lipinski definition) is 3. The Morgan fingerprint density at radius 2 is 2.15 bits per heavy atom. The summed E-state index contributed by atoms with van der Waals surface area (Å²) >= 11 is 0. The molecule has 1 heterocycles. The maximum atomic E-state index is 13.2. The Kier molecular flexibility index (Phi) is 5.52. The van der Waals surface area contributed by atoms with Crippen LogP contribution in [-0.4, -0.2) is 62.2 Å². The van der Waals surface area contributed by atoms with E-state index in [1.54, 1.807) is 12.1 Å². The molecule has 4 heteroatoms. The first-order chi connectivity index (χ1) is 9.54. The fraction of sp³-hybridized carbons (Fsp3) is 0.625. The molecule has 2 rings (SSSR count). The van der Waals surface area contributed by atoms with Gasteiger partial charge in [0.05, 0.1) is 0 Å². The van der Waals surface area contributed by atoms with Crippen molar-refractivity contribution in [2.75, 3.05) is 40.3 Å². The number of rotatable bonds is 5. The summed E-state index contributed by atoms with van der Waals surface area (Å²) in [5, 5.41) is 3.58. The number of nitrogens with one attached hydrogen (secondary N) is 1. The third kappa shape index (κ3) is 4.54. The second-order valence-corrected chi connectivity index (χ2v) is 6.04. The molecule has 1 saturated heterocycles. The smallest absolute Gasteiger partial charge is 0.123 e. The van der Waals surface area contributed by atoms with Gasteiger partial charge < -0.3 is 10.2 Å². The van der Waals surface area contributed by atoms with Gasteiger partial charge in [0, 0.05) is 38.3 Å². The minimum atomic E-state index is -0.150. The summed E-state index contributed by atoms with van der Waals surface area (Å²) in [7, 11) is 4.37. The number of piperazine rings is 1. The summed E-state index contributed by atoms with van der Waals surface area (Å²) in [6, 6.07) is 7.80. The van der Waals surface area contributed by atoms with E-state index in [4.69, 9.17) is 0 Å². The van der Waals surface area contributed by atoms with E-state index in [0.29, 0.717) is 12.1 Å². The van der Waals surface area contributed by atoms with Crippen LogP contribution in [0.5, 0.6) is 0 Å². The first-order valence-corrected chi connectivity index (χ1v) is 7.41. The average molecular weight is 279 g/mol. The normalized spacial score (nSPS) is 22.9. The van der Waals surface area contributed by atoms with Crippen molar-refractivity contribution < 1.29 is 4.39 Å². The van der Waals surface area contributed by atoms with Crippen LogP contribution in [0, 0.1) is 5.82 Å². The van der Waals surface area contributed by atoms with E-state index >= 15 is 0 Å². The molecule has 0 radical (unpaired) electrons. The molecule has 20 heavy (non-hydrogen) atoms. The van der Waals surface area contributed by atoms with E-state index in [-0.39, 0.29) is 5.82 Å². The highest BCUT2D eigenvalue weighted by Crippen LogP contribution is 2.08. The topological polar surface area (TPSA) is 18.5 Å². The highest BCUT2D eigenvalue weighted by molar-refractivity contribution is 5.17. The largest absolute Gasteiger partial charge is 0.312 e. The quantitative estimate of drug-likeness (QED) is 0.883. The molecule has 2 atom stereocenters. The average Bonchev–Trinajstić information content (AvgIpc) is 2.40. The maximum absolute atomic E-state index is 13.2. The number of halogens is 1. The van der Waals surface area contributed by atoms with Crippen molar-refractivity contribution in [3.63, 3.8) is 0 Å². The van der Waals surface area contributed by atoms with Crippen LogP contribution in [0.15, 0.2) is 24.3 Å². The first kappa shape index (κ1) is 15.4. The van der Waals surface area contributed by atoms with E-state index < -0.39 is 0 Å². The van der Waals surface area contributed by atoms with Gasteiger partial charge in [0.1, 0.15) is 5.82 Å². The fourth-order valence-corrected chi connectivity index (χ4v) is 2.75. The van der Waals surface area contributed by atoms with Crippen LogP contribution in [0.25, 0.3) is 0 Å². The van der Waals surface area contributed by atoms with Crippen molar-refractivity contribution in [3.05, 3.63) is 35.6 Å². The van der Waals surface area contributed by atoms with Crippen LogP contribution < -0.4 is 5.32 Å². The molecule has 1 N–H and O–H groups in total. The zero-order valence-corrected chi connectivity index (χ0v) is 12.8. The summed E-state index contributed by atoms with van der Waals surface area (Å²) in [6.45, 7) is 6.53. The van der Waals surface area contributed by atoms with Crippen molar-refractivity contribution in [2.24, 2.45) is 0 Å². The molecule has 1 aliphatic rings. The third-order valence-electron chi connectivity index (χ3n) is 4.11. The minimum absolute atomic E-state index is 0.150. The van der Waals surface area contributed by atoms with Gasteiger partial charge in [-0.15, -0.1) is 0 Å². The Morgan fingerprint density at radius 3 is 2.90 bits per heavy atom. The van der Waals surface area contributed by atoms with Crippen LogP contribution >= 0.6 is 0 Å². The second-order valence-electron chi connectivity index (χ2n) is 6.04. The van der Waals surface area contributed by atoms with E-state index in [1.165, 1.54) is 6.07 Å². The van der Waals surface area contributed by atoms with Crippen molar-refractivity contribution in [1.29, 1.82) is 0 Å². The molecule has 112 valence electrons. The van der Waals surface area contributed by atoms with Crippen molar-refractivity contribution in [1.82, 2.24) is 15.1 Å². The Balaban J connectivity index is 1.78. The highest BCUT2D eigenvalue weighted by atomic mass is 19.1. The molecular formula is C16H26FN3. The lowest BCUT2D eigenvalue weighted by Gasteiger charge is -2.38. The van der Waals surface area contributed by atoms with E-state index in [2.05, 4.69) is 36.1 Å². The highest BCUT2D eigenvalue weighted by Gasteiger charge is 2.22. The molecule has 1 aromatic rings. The Morgan fingerprint density at radius 1 is 1.35 bits per heavy atom. The van der Waals surface area contributed by atoms with Crippen molar-refractivity contribution in [3.8, 4) is 0 Å². The predicted octanol–water partition coefficient (Wildman–Crippen LogP) is 1.59. The number of likely N-dealkylation sites (N-methyl/N-ethyl adjacent to an activating group) is 2.